The summed E-state index contributed by atoms with van der Waals surface area (Å²) < 4.78 is 10.00. The zero-order valence-electron chi connectivity index (χ0n) is 12.7. The average Bonchev–Trinajstić information content (AvgIpc) is 2.83. The fourth-order valence-corrected chi connectivity index (χ4v) is 3.04. The number of Topliss-reactive ketones (excluding diaryl/α,β-unsaturated/α-hetero) is 1. The number of carbonyl (C=O) groups excluding carboxylic acids is 3. The van der Waals surface area contributed by atoms with Crippen molar-refractivity contribution in [3.05, 3.63) is 48.1 Å². The highest BCUT2D eigenvalue weighted by atomic mass is 16.5. The Hall–Kier alpha value is -2.89. The van der Waals surface area contributed by atoms with Crippen LogP contribution in [-0.4, -0.2) is 37.4 Å². The van der Waals surface area contributed by atoms with Crippen LogP contribution in [-0.2, 0) is 19.1 Å². The Morgan fingerprint density at radius 3 is 2.48 bits per heavy atom. The Morgan fingerprint density at radius 2 is 1.87 bits per heavy atom. The van der Waals surface area contributed by atoms with Gasteiger partial charge in [0, 0.05) is 17.7 Å². The average molecular weight is 313 g/mol. The van der Waals surface area contributed by atoms with Crippen LogP contribution in [0.1, 0.15) is 6.42 Å². The molecule has 0 aromatic heterocycles. The van der Waals surface area contributed by atoms with Crippen LogP contribution in [0.25, 0.3) is 0 Å². The number of ketones is 1. The molecule has 3 rings (SSSR count). The van der Waals surface area contributed by atoms with Crippen molar-refractivity contribution in [2.45, 2.75) is 12.0 Å². The molecule has 0 radical (unpaired) electrons. The zero-order valence-corrected chi connectivity index (χ0v) is 12.7. The molecule has 0 saturated carbocycles. The maximum absolute atomic E-state index is 12.5. The van der Waals surface area contributed by atoms with E-state index >= 15 is 0 Å². The summed E-state index contributed by atoms with van der Waals surface area (Å²) in [6.07, 6.45) is 5.10. The van der Waals surface area contributed by atoms with E-state index in [1.807, 2.05) is 0 Å². The highest BCUT2D eigenvalue weighted by Gasteiger charge is 2.60. The first kappa shape index (κ1) is 15.0. The fourth-order valence-electron chi connectivity index (χ4n) is 3.04. The highest BCUT2D eigenvalue weighted by molar-refractivity contribution is 6.53. The molecule has 1 amide bonds. The topological polar surface area (TPSA) is 72.9 Å². The van der Waals surface area contributed by atoms with Gasteiger partial charge in [0.05, 0.1) is 14.2 Å². The number of fused-ring (bicyclic) bond motifs is 1. The predicted octanol–water partition coefficient (Wildman–Crippen LogP) is 1.41. The van der Waals surface area contributed by atoms with Crippen LogP contribution in [0, 0.1) is 0 Å². The van der Waals surface area contributed by atoms with E-state index in [4.69, 9.17) is 9.47 Å². The highest BCUT2D eigenvalue weighted by Crippen LogP contribution is 2.43. The molecule has 1 aromatic carbocycles. The van der Waals surface area contributed by atoms with Crippen molar-refractivity contribution in [2.24, 2.45) is 0 Å². The maximum atomic E-state index is 12.5. The number of esters is 1. The number of nitrogens with zero attached hydrogens (tertiary/aromatic N) is 1. The Bertz CT molecular complexity index is 747. The third-order valence-electron chi connectivity index (χ3n) is 4.14. The summed E-state index contributed by atoms with van der Waals surface area (Å²) >= 11 is 0. The number of rotatable bonds is 3. The molecular formula is C17H15NO5. The molecule has 2 aliphatic rings. The lowest BCUT2D eigenvalue weighted by Gasteiger charge is -2.36. The standard InChI is InChI=1S/C17H15NO5/c1-22-12-8-6-11(7-9-12)18-15(20)14(19)13-5-3-4-10-17(13,18)16(21)23-2/h3-9H,10H2,1-2H3. The number of hydrogen-bond donors (Lipinski definition) is 0. The van der Waals surface area contributed by atoms with Gasteiger partial charge in [-0.05, 0) is 24.3 Å². The molecular weight excluding hydrogens is 298 g/mol. The zero-order chi connectivity index (χ0) is 16.6. The normalized spacial score (nSPS) is 22.7. The summed E-state index contributed by atoms with van der Waals surface area (Å²) in [5.74, 6) is -1.45. The Morgan fingerprint density at radius 1 is 1.17 bits per heavy atom. The molecule has 1 unspecified atom stereocenters. The molecule has 1 aliphatic heterocycles. The maximum Gasteiger partial charge on any atom is 0.337 e. The number of methoxy groups -OCH3 is 2. The van der Waals surface area contributed by atoms with Crippen LogP contribution in [0.3, 0.4) is 0 Å². The molecule has 6 nitrogen and oxygen atoms in total. The second-order valence-electron chi connectivity index (χ2n) is 5.23. The minimum Gasteiger partial charge on any atom is -0.497 e. The van der Waals surface area contributed by atoms with Gasteiger partial charge in [-0.2, -0.15) is 0 Å². The Kier molecular flexibility index (Phi) is 3.52. The lowest BCUT2D eigenvalue weighted by Crippen LogP contribution is -2.54. The number of hydrogen-bond acceptors (Lipinski definition) is 5. The molecule has 1 aromatic rings. The first-order valence-electron chi connectivity index (χ1n) is 7.05. The minimum atomic E-state index is -1.44. The Balaban J connectivity index is 2.18. The summed E-state index contributed by atoms with van der Waals surface area (Å²) in [7, 11) is 2.77. The van der Waals surface area contributed by atoms with Crippen molar-refractivity contribution in [3.8, 4) is 5.75 Å². The largest absolute Gasteiger partial charge is 0.497 e. The van der Waals surface area contributed by atoms with Gasteiger partial charge >= 0.3 is 5.97 Å². The van der Waals surface area contributed by atoms with E-state index in [0.717, 1.165) is 0 Å². The summed E-state index contributed by atoms with van der Waals surface area (Å²) in [6, 6.07) is 6.60. The molecule has 0 spiro atoms. The van der Waals surface area contributed by atoms with Gasteiger partial charge < -0.3 is 9.47 Å². The van der Waals surface area contributed by atoms with E-state index < -0.39 is 23.2 Å². The number of allylic oxidation sites excluding steroid dienone is 2. The quantitative estimate of drug-likeness (QED) is 0.623. The van der Waals surface area contributed by atoms with Crippen molar-refractivity contribution in [1.29, 1.82) is 0 Å². The van der Waals surface area contributed by atoms with Crippen LogP contribution in [0.15, 0.2) is 48.1 Å². The summed E-state index contributed by atoms with van der Waals surface area (Å²) in [5.41, 5.74) is -0.854. The first-order valence-corrected chi connectivity index (χ1v) is 7.05. The number of anilines is 1. The smallest absolute Gasteiger partial charge is 0.337 e. The minimum absolute atomic E-state index is 0.146. The monoisotopic (exact) mass is 313 g/mol. The number of benzene rings is 1. The van der Waals surface area contributed by atoms with E-state index in [1.165, 1.54) is 25.2 Å². The third-order valence-corrected chi connectivity index (χ3v) is 4.14. The molecule has 1 fully saturated rings. The molecule has 0 N–H and O–H groups in total. The van der Waals surface area contributed by atoms with E-state index in [1.54, 1.807) is 36.4 Å². The molecule has 118 valence electrons. The van der Waals surface area contributed by atoms with Crippen molar-refractivity contribution in [1.82, 2.24) is 0 Å². The molecule has 6 heteroatoms. The summed E-state index contributed by atoms with van der Waals surface area (Å²) in [5, 5.41) is 0. The molecule has 1 heterocycles. The number of ether oxygens (including phenoxy) is 2. The SMILES string of the molecule is COC(=O)C12CC=CC=C1C(=O)C(=O)N2c1ccc(OC)cc1. The number of carbonyl (C=O) groups is 3. The van der Waals surface area contributed by atoms with Gasteiger partial charge in [0.1, 0.15) is 5.75 Å². The van der Waals surface area contributed by atoms with Gasteiger partial charge in [0.25, 0.3) is 5.91 Å². The summed E-state index contributed by atoms with van der Waals surface area (Å²) in [4.78, 5) is 38.6. The second-order valence-corrected chi connectivity index (χ2v) is 5.23. The molecule has 1 atom stereocenters. The van der Waals surface area contributed by atoms with Crippen molar-refractivity contribution < 1.29 is 23.9 Å². The van der Waals surface area contributed by atoms with Crippen LogP contribution >= 0.6 is 0 Å². The van der Waals surface area contributed by atoms with Crippen LogP contribution in [0.5, 0.6) is 5.75 Å². The fraction of sp³-hybridized carbons (Fsp3) is 0.235. The van der Waals surface area contributed by atoms with E-state index in [0.29, 0.717) is 11.4 Å². The van der Waals surface area contributed by atoms with Crippen molar-refractivity contribution in [3.63, 3.8) is 0 Å². The number of amides is 1. The van der Waals surface area contributed by atoms with Crippen LogP contribution in [0.4, 0.5) is 5.69 Å². The molecule has 23 heavy (non-hydrogen) atoms. The van der Waals surface area contributed by atoms with Gasteiger partial charge in [-0.15, -0.1) is 0 Å². The van der Waals surface area contributed by atoms with E-state index in [-0.39, 0.29) is 12.0 Å². The lowest BCUT2D eigenvalue weighted by molar-refractivity contribution is -0.146. The van der Waals surface area contributed by atoms with Crippen LogP contribution < -0.4 is 9.64 Å². The van der Waals surface area contributed by atoms with Crippen molar-refractivity contribution >= 4 is 23.3 Å². The molecule has 1 saturated heterocycles. The molecule has 1 aliphatic carbocycles. The van der Waals surface area contributed by atoms with Crippen molar-refractivity contribution in [2.75, 3.05) is 19.1 Å². The van der Waals surface area contributed by atoms with Gasteiger partial charge in [0.15, 0.2) is 5.54 Å². The van der Waals surface area contributed by atoms with E-state index in [9.17, 15) is 14.4 Å². The lowest BCUT2D eigenvalue weighted by atomic mass is 9.83. The van der Waals surface area contributed by atoms with Gasteiger partial charge in [-0.25, -0.2) is 4.79 Å². The van der Waals surface area contributed by atoms with Crippen LogP contribution in [0.2, 0.25) is 0 Å². The Labute approximate surface area is 133 Å². The first-order chi connectivity index (χ1) is 11.1. The summed E-state index contributed by atoms with van der Waals surface area (Å²) in [6.45, 7) is 0. The van der Waals surface area contributed by atoms with Gasteiger partial charge in [0.2, 0.25) is 5.78 Å². The predicted molar refractivity (Wildman–Crippen MR) is 82.1 cm³/mol. The second kappa shape index (κ2) is 5.39. The molecule has 0 bridgehead atoms. The van der Waals surface area contributed by atoms with E-state index in [2.05, 4.69) is 0 Å². The third kappa shape index (κ3) is 1.98. The van der Waals surface area contributed by atoms with Gasteiger partial charge in [-0.1, -0.05) is 18.2 Å². The van der Waals surface area contributed by atoms with Gasteiger partial charge in [-0.3, -0.25) is 14.5 Å².